The lowest BCUT2D eigenvalue weighted by Gasteiger charge is -2.16. The summed E-state index contributed by atoms with van der Waals surface area (Å²) in [6, 6.07) is 16.2. The molecule has 0 spiro atoms. The van der Waals surface area contributed by atoms with Crippen molar-refractivity contribution in [2.24, 2.45) is 4.99 Å². The van der Waals surface area contributed by atoms with Crippen LogP contribution in [0.3, 0.4) is 0 Å². The molecule has 0 aliphatic heterocycles. The van der Waals surface area contributed by atoms with Gasteiger partial charge in [-0.2, -0.15) is 0 Å². The summed E-state index contributed by atoms with van der Waals surface area (Å²) in [5, 5.41) is 9.70. The Bertz CT molecular complexity index is 759. The second-order valence-electron chi connectivity index (χ2n) is 6.27. The van der Waals surface area contributed by atoms with E-state index < -0.39 is 0 Å². The molecule has 158 valence electrons. The van der Waals surface area contributed by atoms with Crippen LogP contribution in [0.15, 0.2) is 64.5 Å². The second kappa shape index (κ2) is 14.2. The molecule has 0 heterocycles. The number of benzene rings is 2. The van der Waals surface area contributed by atoms with Crippen LogP contribution in [-0.4, -0.2) is 43.8 Å². The lowest BCUT2D eigenvalue weighted by molar-refractivity contribution is -0.120. The van der Waals surface area contributed by atoms with Crippen molar-refractivity contribution in [3.63, 3.8) is 0 Å². The van der Waals surface area contributed by atoms with Crippen LogP contribution in [0.1, 0.15) is 12.5 Å². The number of aliphatic imine (C=N–C) groups is 1. The average Bonchev–Trinajstić information content (AvgIpc) is 2.70. The van der Waals surface area contributed by atoms with Crippen LogP contribution in [0.2, 0.25) is 0 Å². The molecule has 0 aliphatic carbocycles. The number of thioether (sulfide) groups is 1. The molecule has 5 nitrogen and oxygen atoms in total. The first kappa shape index (κ1) is 25.2. The van der Waals surface area contributed by atoms with Crippen molar-refractivity contribution in [2.45, 2.75) is 23.5 Å². The Hall–Kier alpha value is -1.81. The Morgan fingerprint density at radius 1 is 1.03 bits per heavy atom. The van der Waals surface area contributed by atoms with E-state index >= 15 is 0 Å². The van der Waals surface area contributed by atoms with Gasteiger partial charge in [0.15, 0.2) is 5.96 Å². The molecule has 1 amide bonds. The zero-order valence-corrected chi connectivity index (χ0v) is 19.8. The molecule has 0 aliphatic rings. The summed E-state index contributed by atoms with van der Waals surface area (Å²) >= 11 is 1.80. The maximum absolute atomic E-state index is 12.9. The zero-order chi connectivity index (χ0) is 20.2. The summed E-state index contributed by atoms with van der Waals surface area (Å²) in [5.74, 6) is 0.307. The van der Waals surface area contributed by atoms with E-state index in [0.29, 0.717) is 24.3 Å². The number of nitrogens with one attached hydrogen (secondary N) is 3. The fourth-order valence-corrected chi connectivity index (χ4v) is 3.41. The molecule has 1 atom stereocenters. The first-order chi connectivity index (χ1) is 13.6. The number of nitrogens with zero attached hydrogens (tertiary/aromatic N) is 1. The molecule has 2 rings (SSSR count). The molecule has 0 saturated heterocycles. The van der Waals surface area contributed by atoms with Crippen LogP contribution in [0, 0.1) is 5.82 Å². The molecule has 3 N–H and O–H groups in total. The van der Waals surface area contributed by atoms with Crippen molar-refractivity contribution in [1.82, 2.24) is 16.0 Å². The van der Waals surface area contributed by atoms with E-state index in [1.807, 2.05) is 18.2 Å². The summed E-state index contributed by atoms with van der Waals surface area (Å²) in [5.41, 5.74) is 0.786. The highest BCUT2D eigenvalue weighted by molar-refractivity contribution is 14.0. The summed E-state index contributed by atoms with van der Waals surface area (Å²) in [7, 11) is 1.72. The van der Waals surface area contributed by atoms with Crippen LogP contribution in [0.4, 0.5) is 4.39 Å². The monoisotopic (exact) mass is 530 g/mol. The average molecular weight is 530 g/mol. The van der Waals surface area contributed by atoms with Crippen LogP contribution < -0.4 is 16.0 Å². The third-order valence-electron chi connectivity index (χ3n) is 3.88. The quantitative estimate of drug-likeness (QED) is 0.153. The lowest BCUT2D eigenvalue weighted by atomic mass is 10.1. The van der Waals surface area contributed by atoms with Crippen LogP contribution in [0.5, 0.6) is 0 Å². The minimum atomic E-state index is -0.302. The van der Waals surface area contributed by atoms with Gasteiger partial charge in [0.1, 0.15) is 5.82 Å². The highest BCUT2D eigenvalue weighted by atomic mass is 127. The molecule has 0 aromatic heterocycles. The SMILES string of the molecule is CN=C(NCCNC(=O)Cc1ccc(F)cc1)NCC(C)Sc1ccccc1.I. The maximum Gasteiger partial charge on any atom is 0.224 e. The summed E-state index contributed by atoms with van der Waals surface area (Å²) in [6.07, 6.45) is 0.238. The van der Waals surface area contributed by atoms with E-state index in [2.05, 4.69) is 40.0 Å². The Kier molecular flexibility index (Phi) is 12.4. The second-order valence-corrected chi connectivity index (χ2v) is 7.79. The first-order valence-electron chi connectivity index (χ1n) is 9.24. The number of halogens is 2. The predicted molar refractivity (Wildman–Crippen MR) is 130 cm³/mol. The van der Waals surface area contributed by atoms with E-state index in [9.17, 15) is 9.18 Å². The van der Waals surface area contributed by atoms with Gasteiger partial charge in [-0.15, -0.1) is 35.7 Å². The molecular weight excluding hydrogens is 502 g/mol. The van der Waals surface area contributed by atoms with Gasteiger partial charge in [0.2, 0.25) is 5.91 Å². The molecule has 0 bridgehead atoms. The van der Waals surface area contributed by atoms with E-state index in [1.165, 1.54) is 17.0 Å². The Labute approximate surface area is 193 Å². The van der Waals surface area contributed by atoms with Gasteiger partial charge < -0.3 is 16.0 Å². The van der Waals surface area contributed by atoms with Crippen LogP contribution in [0.25, 0.3) is 0 Å². The number of amides is 1. The number of rotatable bonds is 9. The van der Waals surface area contributed by atoms with Gasteiger partial charge in [-0.3, -0.25) is 9.79 Å². The smallest absolute Gasteiger partial charge is 0.224 e. The van der Waals surface area contributed by atoms with Gasteiger partial charge in [-0.05, 0) is 29.8 Å². The number of carbonyl (C=O) groups excluding carboxylic acids is 1. The molecule has 29 heavy (non-hydrogen) atoms. The number of hydrogen-bond donors (Lipinski definition) is 3. The fraction of sp³-hybridized carbons (Fsp3) is 0.333. The van der Waals surface area contributed by atoms with Crippen molar-refractivity contribution in [2.75, 3.05) is 26.7 Å². The molecule has 2 aromatic carbocycles. The predicted octanol–water partition coefficient (Wildman–Crippen LogP) is 3.45. The standard InChI is InChI=1S/C21H27FN4OS.HI/c1-16(28-19-6-4-3-5-7-19)15-26-21(23-2)25-13-12-24-20(27)14-17-8-10-18(22)11-9-17;/h3-11,16H,12-15H2,1-2H3,(H,24,27)(H2,23,25,26);1H. The topological polar surface area (TPSA) is 65.5 Å². The molecule has 8 heteroatoms. The minimum Gasteiger partial charge on any atom is -0.355 e. The molecule has 2 aromatic rings. The number of guanidine groups is 1. The van der Waals surface area contributed by atoms with Crippen LogP contribution in [-0.2, 0) is 11.2 Å². The largest absolute Gasteiger partial charge is 0.355 e. The van der Waals surface area contributed by atoms with Crippen molar-refractivity contribution in [3.05, 3.63) is 66.0 Å². The molecule has 0 radical (unpaired) electrons. The number of hydrogen-bond acceptors (Lipinski definition) is 3. The Morgan fingerprint density at radius 2 is 1.69 bits per heavy atom. The summed E-state index contributed by atoms with van der Waals surface area (Å²) in [4.78, 5) is 17.4. The Morgan fingerprint density at radius 3 is 2.34 bits per heavy atom. The van der Waals surface area contributed by atoms with E-state index in [1.54, 1.807) is 30.9 Å². The normalized spacial score (nSPS) is 11.9. The summed E-state index contributed by atoms with van der Waals surface area (Å²) in [6.45, 7) is 3.98. The maximum atomic E-state index is 12.9. The zero-order valence-electron chi connectivity index (χ0n) is 16.7. The van der Waals surface area contributed by atoms with Crippen LogP contribution >= 0.6 is 35.7 Å². The van der Waals surface area contributed by atoms with Gasteiger partial charge in [-0.1, -0.05) is 37.3 Å². The van der Waals surface area contributed by atoms with Gasteiger partial charge in [0, 0.05) is 36.8 Å². The Balaban J connectivity index is 0.00000420. The van der Waals surface area contributed by atoms with Crippen molar-refractivity contribution >= 4 is 47.6 Å². The summed E-state index contributed by atoms with van der Waals surface area (Å²) < 4.78 is 12.9. The van der Waals surface area contributed by atoms with Crippen molar-refractivity contribution < 1.29 is 9.18 Å². The van der Waals surface area contributed by atoms with Gasteiger partial charge >= 0.3 is 0 Å². The molecule has 0 saturated carbocycles. The highest BCUT2D eigenvalue weighted by Crippen LogP contribution is 2.21. The van der Waals surface area contributed by atoms with Crippen molar-refractivity contribution in [1.29, 1.82) is 0 Å². The van der Waals surface area contributed by atoms with E-state index in [0.717, 1.165) is 12.1 Å². The third kappa shape index (κ3) is 10.5. The minimum absolute atomic E-state index is 0. The molecule has 0 fully saturated rings. The lowest BCUT2D eigenvalue weighted by Crippen LogP contribution is -2.43. The highest BCUT2D eigenvalue weighted by Gasteiger charge is 2.06. The number of carbonyl (C=O) groups is 1. The first-order valence-corrected chi connectivity index (χ1v) is 10.1. The van der Waals surface area contributed by atoms with Gasteiger partial charge in [0.05, 0.1) is 6.42 Å². The molecular formula is C21H28FIN4OS. The van der Waals surface area contributed by atoms with E-state index in [-0.39, 0.29) is 42.1 Å². The van der Waals surface area contributed by atoms with Crippen molar-refractivity contribution in [3.8, 4) is 0 Å². The third-order valence-corrected chi connectivity index (χ3v) is 4.99. The molecule has 1 unspecified atom stereocenters. The fourth-order valence-electron chi connectivity index (χ4n) is 2.47. The van der Waals surface area contributed by atoms with Gasteiger partial charge in [-0.25, -0.2) is 4.39 Å². The van der Waals surface area contributed by atoms with Gasteiger partial charge in [0.25, 0.3) is 0 Å². The van der Waals surface area contributed by atoms with E-state index in [4.69, 9.17) is 0 Å².